The molecule has 1 unspecified atom stereocenters. The van der Waals surface area contributed by atoms with E-state index in [4.69, 9.17) is 23.9 Å². The number of methoxy groups -OCH3 is 2. The highest BCUT2D eigenvalue weighted by atomic mass is 16.5. The summed E-state index contributed by atoms with van der Waals surface area (Å²) < 4.78 is 28.5. The van der Waals surface area contributed by atoms with Gasteiger partial charge in [-0.25, -0.2) is 0 Å². The topological polar surface area (TPSA) is 62.0 Å². The van der Waals surface area contributed by atoms with Crippen LogP contribution in [0, 0.1) is 13.8 Å². The first-order valence-corrected chi connectivity index (χ1v) is 28.1. The van der Waals surface area contributed by atoms with Gasteiger partial charge < -0.3 is 33.6 Å². The van der Waals surface area contributed by atoms with Crippen molar-refractivity contribution >= 4 is 51.1 Å². The Labute approximate surface area is 452 Å². The van der Waals surface area contributed by atoms with E-state index in [0.29, 0.717) is 0 Å². The SMILES string of the molecule is COCCCN1/C(=C/C=C2\CCCC(/C=C/C3=[N+](CCCOC)c4ccc(C)cc4C3(C)C)=C2OC2CCN(c3cc4c(c5ccccc35)N=CC3(O4)N(C)c4ccccc4C3(C)C)CC2)C(C)(C)c2cc(C)ccc21. The number of rotatable bonds is 14. The van der Waals surface area contributed by atoms with Crippen molar-refractivity contribution in [2.45, 2.75) is 128 Å². The highest BCUT2D eigenvalue weighted by Gasteiger charge is 2.58. The van der Waals surface area contributed by atoms with Crippen molar-refractivity contribution < 1.29 is 23.5 Å². The van der Waals surface area contributed by atoms with E-state index in [2.05, 4.69) is 197 Å². The van der Waals surface area contributed by atoms with Gasteiger partial charge in [-0.05, 0) is 120 Å². The first kappa shape index (κ1) is 51.7. The molecule has 0 saturated carbocycles. The van der Waals surface area contributed by atoms with Crippen molar-refractivity contribution in [2.75, 3.05) is 75.4 Å². The summed E-state index contributed by atoms with van der Waals surface area (Å²) in [5.74, 6) is 1.89. The molecule has 76 heavy (non-hydrogen) atoms. The lowest BCUT2D eigenvalue weighted by Gasteiger charge is -2.45. The molecule has 1 aliphatic carbocycles. The molecule has 9 nitrogen and oxygen atoms in total. The Hall–Kier alpha value is -6.42. The zero-order valence-corrected chi connectivity index (χ0v) is 47.2. The van der Waals surface area contributed by atoms with Gasteiger partial charge in [0.15, 0.2) is 18.0 Å². The number of benzene rings is 5. The number of likely N-dealkylation sites (N-methyl/N-ethyl adjacent to an activating group) is 1. The molecule has 0 radical (unpaired) electrons. The van der Waals surface area contributed by atoms with Gasteiger partial charge in [-0.3, -0.25) is 4.99 Å². The Morgan fingerprint density at radius 1 is 0.724 bits per heavy atom. The standard InChI is InChI=1S/C67H80N5O4/c1-45-25-29-56-53(41-45)64(3,4)60(71(56)35-17-39-73-10)31-27-47-19-16-20-48(28-32-61-65(5,6)54-42-46(2)26-30-57(54)72(61)36-18-40-74-11)63(47)75-49-33-37-70(38-34-49)58-43-59-62(51-22-13-12-21-50(51)58)68-44-67(76-59)66(7,8)52-23-14-15-24-55(52)69(67)9/h12-15,21-32,41-44,49H,16-20,33-40H2,1-11H3/q+1. The van der Waals surface area contributed by atoms with Crippen molar-refractivity contribution in [3.63, 3.8) is 0 Å². The van der Waals surface area contributed by atoms with Crippen molar-refractivity contribution in [1.29, 1.82) is 0 Å². The highest BCUT2D eigenvalue weighted by molar-refractivity contribution is 6.06. The van der Waals surface area contributed by atoms with Gasteiger partial charge in [0, 0.05) is 129 Å². The van der Waals surface area contributed by atoms with E-state index in [1.165, 1.54) is 78.5 Å². The zero-order valence-electron chi connectivity index (χ0n) is 47.2. The van der Waals surface area contributed by atoms with Crippen LogP contribution in [0.4, 0.5) is 28.4 Å². The number of aryl methyl sites for hydroxylation is 2. The summed E-state index contributed by atoms with van der Waals surface area (Å²) in [6, 6.07) is 33.6. The normalized spacial score (nSPS) is 22.4. The monoisotopic (exact) mass is 1020 g/mol. The Bertz CT molecular complexity index is 3270. The van der Waals surface area contributed by atoms with Crippen molar-refractivity contribution in [3.05, 3.63) is 166 Å². The second kappa shape index (κ2) is 20.2. The Balaban J connectivity index is 0.936. The minimum Gasteiger partial charge on any atom is -0.490 e. The number of para-hydroxylation sites is 1. The number of aliphatic imine (C=N–C) groups is 1. The average Bonchev–Trinajstić information content (AvgIpc) is 3.87. The summed E-state index contributed by atoms with van der Waals surface area (Å²) in [5.41, 5.74) is 16.2. The van der Waals surface area contributed by atoms with Crippen LogP contribution in [-0.2, 0) is 30.5 Å². The van der Waals surface area contributed by atoms with E-state index in [1.54, 1.807) is 14.2 Å². The Morgan fingerprint density at radius 3 is 2.20 bits per heavy atom. The number of fused-ring (bicyclic) bond motifs is 6. The van der Waals surface area contributed by atoms with E-state index >= 15 is 0 Å². The molecule has 6 aliphatic rings. The molecule has 1 fully saturated rings. The van der Waals surface area contributed by atoms with Gasteiger partial charge in [-0.15, -0.1) is 0 Å². The quantitative estimate of drug-likeness (QED) is 0.0811. The Morgan fingerprint density at radius 2 is 1.43 bits per heavy atom. The summed E-state index contributed by atoms with van der Waals surface area (Å²) in [5, 5.41) is 2.31. The molecule has 1 atom stereocenters. The minimum absolute atomic E-state index is 0.0531. The molecule has 396 valence electrons. The number of anilines is 3. The smallest absolute Gasteiger partial charge is 0.228 e. The van der Waals surface area contributed by atoms with Gasteiger partial charge >= 0.3 is 0 Å². The summed E-state index contributed by atoms with van der Waals surface area (Å²) in [4.78, 5) is 12.6. The number of ether oxygens (including phenoxy) is 4. The van der Waals surface area contributed by atoms with Crippen molar-refractivity contribution in [2.24, 2.45) is 4.99 Å². The lowest BCUT2D eigenvalue weighted by atomic mass is 9.77. The van der Waals surface area contributed by atoms with Gasteiger partial charge in [0.25, 0.3) is 0 Å². The molecule has 5 heterocycles. The first-order valence-electron chi connectivity index (χ1n) is 28.1. The fraction of sp³-hybridized carbons (Fsp3) is 0.433. The molecular weight excluding hydrogens is 939 g/mol. The molecule has 0 N–H and O–H groups in total. The molecule has 11 rings (SSSR count). The second-order valence-corrected chi connectivity index (χ2v) is 23.8. The van der Waals surface area contributed by atoms with Crippen LogP contribution in [0.5, 0.6) is 5.75 Å². The number of piperidine rings is 1. The van der Waals surface area contributed by atoms with Crippen LogP contribution < -0.4 is 19.4 Å². The number of hydrogen-bond acceptors (Lipinski definition) is 8. The molecule has 5 aromatic rings. The van der Waals surface area contributed by atoms with E-state index in [0.717, 1.165) is 107 Å². The molecule has 9 heteroatoms. The van der Waals surface area contributed by atoms with Crippen LogP contribution in [0.3, 0.4) is 0 Å². The summed E-state index contributed by atoms with van der Waals surface area (Å²) in [6.45, 7) is 23.5. The van der Waals surface area contributed by atoms with E-state index in [9.17, 15) is 0 Å². The van der Waals surface area contributed by atoms with Crippen LogP contribution in [0.25, 0.3) is 10.8 Å². The fourth-order valence-electron chi connectivity index (χ4n) is 13.6. The summed E-state index contributed by atoms with van der Waals surface area (Å²) in [7, 11) is 5.74. The van der Waals surface area contributed by atoms with Gasteiger partial charge in [0.2, 0.25) is 11.4 Å². The predicted octanol–water partition coefficient (Wildman–Crippen LogP) is 14.4. The van der Waals surface area contributed by atoms with Gasteiger partial charge in [-0.1, -0.05) is 91.7 Å². The third kappa shape index (κ3) is 8.70. The largest absolute Gasteiger partial charge is 0.490 e. The van der Waals surface area contributed by atoms with Crippen LogP contribution >= 0.6 is 0 Å². The third-order valence-electron chi connectivity index (χ3n) is 17.9. The van der Waals surface area contributed by atoms with Crippen LogP contribution in [0.2, 0.25) is 0 Å². The third-order valence-corrected chi connectivity index (χ3v) is 17.9. The van der Waals surface area contributed by atoms with Crippen LogP contribution in [0.15, 0.2) is 143 Å². The molecule has 1 spiro atoms. The first-order chi connectivity index (χ1) is 36.6. The molecule has 1 saturated heterocycles. The van der Waals surface area contributed by atoms with Gasteiger partial charge in [-0.2, -0.15) is 4.58 Å². The number of nitrogens with zero attached hydrogens (tertiary/aromatic N) is 5. The minimum atomic E-state index is -0.762. The van der Waals surface area contributed by atoms with Crippen molar-refractivity contribution in [3.8, 4) is 5.75 Å². The van der Waals surface area contributed by atoms with Crippen LogP contribution in [-0.4, -0.2) is 89.0 Å². The summed E-state index contributed by atoms with van der Waals surface area (Å²) >= 11 is 0. The Kier molecular flexibility index (Phi) is 13.7. The van der Waals surface area contributed by atoms with Gasteiger partial charge in [0.05, 0.1) is 23.7 Å². The maximum atomic E-state index is 7.54. The van der Waals surface area contributed by atoms with E-state index in [1.807, 2.05) is 6.21 Å². The average molecular weight is 1020 g/mol. The summed E-state index contributed by atoms with van der Waals surface area (Å²) in [6.07, 6.45) is 18.4. The van der Waals surface area contributed by atoms with Crippen LogP contribution in [0.1, 0.15) is 114 Å². The lowest BCUT2D eigenvalue weighted by molar-refractivity contribution is -0.438. The van der Waals surface area contributed by atoms with Gasteiger partial charge in [0.1, 0.15) is 17.6 Å². The van der Waals surface area contributed by atoms with Crippen molar-refractivity contribution in [1.82, 2.24) is 0 Å². The maximum Gasteiger partial charge on any atom is 0.228 e. The molecule has 0 aromatic heterocycles. The highest BCUT2D eigenvalue weighted by Crippen LogP contribution is 2.56. The molecule has 5 aromatic carbocycles. The second-order valence-electron chi connectivity index (χ2n) is 23.8. The van der Waals surface area contributed by atoms with E-state index < -0.39 is 5.72 Å². The fourth-order valence-corrected chi connectivity index (χ4v) is 13.6. The zero-order chi connectivity index (χ0) is 53.1. The lowest BCUT2D eigenvalue weighted by Crippen LogP contribution is -2.61. The molecule has 0 amide bonds. The maximum absolute atomic E-state index is 7.54. The molecule has 5 aliphatic heterocycles. The number of allylic oxidation sites excluding steroid dienone is 7. The predicted molar refractivity (Wildman–Crippen MR) is 314 cm³/mol. The molecule has 0 bridgehead atoms. The number of hydrogen-bond donors (Lipinski definition) is 0. The molecular formula is C67H80N5O4+. The van der Waals surface area contributed by atoms with E-state index in [-0.39, 0.29) is 22.3 Å².